The lowest BCUT2D eigenvalue weighted by molar-refractivity contribution is 0.0238. The van der Waals surface area contributed by atoms with E-state index in [0.29, 0.717) is 13.2 Å². The maximum atomic E-state index is 5.70. The van der Waals surface area contributed by atoms with Crippen molar-refractivity contribution in [1.82, 2.24) is 0 Å². The molecule has 5 heteroatoms. The second kappa shape index (κ2) is 5.63. The molecule has 0 aromatic carbocycles. The van der Waals surface area contributed by atoms with Gasteiger partial charge >= 0.3 is 0 Å². The molecule has 0 spiro atoms. The lowest BCUT2D eigenvalue weighted by Gasteiger charge is -2.24. The molecule has 3 nitrogen and oxygen atoms in total. The van der Waals surface area contributed by atoms with Crippen molar-refractivity contribution in [3.63, 3.8) is 0 Å². The number of ether oxygens (including phenoxy) is 3. The normalized spacial score (nSPS) is 19.1. The van der Waals surface area contributed by atoms with E-state index in [4.69, 9.17) is 14.2 Å². The van der Waals surface area contributed by atoms with Crippen LogP contribution < -0.4 is 9.47 Å². The smallest absolute Gasteiger partial charge is 0.172 e. The van der Waals surface area contributed by atoms with Crippen LogP contribution >= 0.6 is 23.1 Å². The number of thiophene rings is 1. The minimum Gasteiger partial charge on any atom is -0.485 e. The third kappa shape index (κ3) is 3.03. The minimum atomic E-state index is 0.0320. The van der Waals surface area contributed by atoms with E-state index in [1.165, 1.54) is 0 Å². The third-order valence-electron chi connectivity index (χ3n) is 1.99. The summed E-state index contributed by atoms with van der Waals surface area (Å²) < 4.78 is 16.7. The van der Waals surface area contributed by atoms with Crippen LogP contribution in [0, 0.1) is 0 Å². The standard InChI is InChI=1S/C10H14O3S2/c1-2-14-7-11-3-8-4-12-9-5-15-6-10(9)13-8/h5-6,8H,2-4,7H2,1H3. The highest BCUT2D eigenvalue weighted by molar-refractivity contribution is 7.99. The zero-order valence-corrected chi connectivity index (χ0v) is 10.2. The highest BCUT2D eigenvalue weighted by Gasteiger charge is 2.21. The zero-order chi connectivity index (χ0) is 10.5. The molecule has 0 fully saturated rings. The van der Waals surface area contributed by atoms with E-state index in [9.17, 15) is 0 Å². The number of hydrogen-bond acceptors (Lipinski definition) is 5. The summed E-state index contributed by atoms with van der Waals surface area (Å²) in [7, 11) is 0. The van der Waals surface area contributed by atoms with E-state index in [1.54, 1.807) is 23.1 Å². The number of fused-ring (bicyclic) bond motifs is 1. The van der Waals surface area contributed by atoms with Gasteiger partial charge in [-0.2, -0.15) is 0 Å². The van der Waals surface area contributed by atoms with Gasteiger partial charge in [0.05, 0.1) is 12.5 Å². The van der Waals surface area contributed by atoms with Gasteiger partial charge in [0.25, 0.3) is 0 Å². The molecular formula is C10H14O3S2. The fourth-order valence-electron chi connectivity index (χ4n) is 1.27. The number of rotatable bonds is 5. The molecule has 1 atom stereocenters. The molecule has 0 N–H and O–H groups in total. The summed E-state index contributed by atoms with van der Waals surface area (Å²) in [6.45, 7) is 3.30. The van der Waals surface area contributed by atoms with Gasteiger partial charge in [0.15, 0.2) is 17.6 Å². The third-order valence-corrected chi connectivity index (χ3v) is 3.43. The minimum absolute atomic E-state index is 0.0320. The fourth-order valence-corrected chi connectivity index (χ4v) is 2.32. The van der Waals surface area contributed by atoms with Crippen LogP contribution in [0.1, 0.15) is 6.92 Å². The van der Waals surface area contributed by atoms with Crippen molar-refractivity contribution in [2.24, 2.45) is 0 Å². The Morgan fingerprint density at radius 2 is 2.40 bits per heavy atom. The summed E-state index contributed by atoms with van der Waals surface area (Å²) in [6.07, 6.45) is 0.0320. The van der Waals surface area contributed by atoms with Gasteiger partial charge in [-0.1, -0.05) is 6.92 Å². The predicted octanol–water partition coefficient (Wildman–Crippen LogP) is 2.62. The molecule has 84 valence electrons. The molecule has 0 amide bonds. The molecule has 2 rings (SSSR count). The van der Waals surface area contributed by atoms with Crippen LogP contribution in [0.5, 0.6) is 11.5 Å². The quantitative estimate of drug-likeness (QED) is 0.589. The van der Waals surface area contributed by atoms with Crippen molar-refractivity contribution < 1.29 is 14.2 Å². The topological polar surface area (TPSA) is 27.7 Å². The van der Waals surface area contributed by atoms with Crippen LogP contribution in [0.3, 0.4) is 0 Å². The first-order chi connectivity index (χ1) is 7.40. The summed E-state index contributed by atoms with van der Waals surface area (Å²) in [6, 6.07) is 0. The second-order valence-electron chi connectivity index (χ2n) is 3.13. The van der Waals surface area contributed by atoms with Gasteiger partial charge in [0.2, 0.25) is 0 Å². The molecule has 1 aromatic heterocycles. The van der Waals surface area contributed by atoms with Crippen molar-refractivity contribution in [3.05, 3.63) is 10.8 Å². The lowest BCUT2D eigenvalue weighted by atomic mass is 10.3. The molecule has 2 heterocycles. The van der Waals surface area contributed by atoms with E-state index in [-0.39, 0.29) is 6.10 Å². The molecule has 15 heavy (non-hydrogen) atoms. The molecule has 1 aromatic rings. The van der Waals surface area contributed by atoms with Gasteiger partial charge < -0.3 is 14.2 Å². The van der Waals surface area contributed by atoms with E-state index < -0.39 is 0 Å². The first kappa shape index (κ1) is 11.1. The van der Waals surface area contributed by atoms with Crippen LogP contribution in [-0.4, -0.2) is 31.0 Å². The van der Waals surface area contributed by atoms with Crippen LogP contribution in [0.15, 0.2) is 10.8 Å². The second-order valence-corrected chi connectivity index (χ2v) is 5.10. The molecule has 0 saturated carbocycles. The van der Waals surface area contributed by atoms with Gasteiger partial charge in [-0.25, -0.2) is 0 Å². The zero-order valence-electron chi connectivity index (χ0n) is 8.60. The van der Waals surface area contributed by atoms with Crippen molar-refractivity contribution in [1.29, 1.82) is 0 Å². The Morgan fingerprint density at radius 1 is 1.53 bits per heavy atom. The first-order valence-corrected chi connectivity index (χ1v) is 7.01. The Morgan fingerprint density at radius 3 is 3.27 bits per heavy atom. The van der Waals surface area contributed by atoms with Crippen LogP contribution in [0.4, 0.5) is 0 Å². The molecule has 1 aliphatic heterocycles. The Hall–Kier alpha value is -0.390. The SMILES string of the molecule is CCSCOCC1COc2cscc2O1. The average Bonchev–Trinajstić information content (AvgIpc) is 2.71. The lowest BCUT2D eigenvalue weighted by Crippen LogP contribution is -2.32. The Labute approximate surface area is 97.7 Å². The largest absolute Gasteiger partial charge is 0.485 e. The van der Waals surface area contributed by atoms with E-state index in [2.05, 4.69) is 6.92 Å². The van der Waals surface area contributed by atoms with Gasteiger partial charge in [-0.15, -0.1) is 23.1 Å². The molecule has 0 aliphatic carbocycles. The van der Waals surface area contributed by atoms with Crippen LogP contribution in [0.25, 0.3) is 0 Å². The van der Waals surface area contributed by atoms with Crippen molar-refractivity contribution in [3.8, 4) is 11.5 Å². The molecule has 0 bridgehead atoms. The monoisotopic (exact) mass is 246 g/mol. The number of thioether (sulfide) groups is 1. The van der Waals surface area contributed by atoms with Gasteiger partial charge in [0.1, 0.15) is 6.61 Å². The molecule has 0 radical (unpaired) electrons. The molecule has 1 unspecified atom stereocenters. The Bertz CT molecular complexity index is 301. The summed E-state index contributed by atoms with van der Waals surface area (Å²) in [5.41, 5.74) is 0. The van der Waals surface area contributed by atoms with Gasteiger partial charge in [-0.05, 0) is 5.75 Å². The molecular weight excluding hydrogens is 232 g/mol. The van der Waals surface area contributed by atoms with Crippen LogP contribution in [-0.2, 0) is 4.74 Å². The molecule has 1 aliphatic rings. The Kier molecular flexibility index (Phi) is 4.17. The highest BCUT2D eigenvalue weighted by atomic mass is 32.2. The van der Waals surface area contributed by atoms with Crippen molar-refractivity contribution in [2.45, 2.75) is 13.0 Å². The average molecular weight is 246 g/mol. The first-order valence-electron chi connectivity index (χ1n) is 4.91. The van der Waals surface area contributed by atoms with E-state index in [0.717, 1.165) is 23.2 Å². The summed E-state index contributed by atoms with van der Waals surface area (Å²) >= 11 is 3.36. The summed E-state index contributed by atoms with van der Waals surface area (Å²) in [4.78, 5) is 0. The summed E-state index contributed by atoms with van der Waals surface area (Å²) in [5, 5.41) is 3.92. The van der Waals surface area contributed by atoms with Gasteiger partial charge in [0, 0.05) is 10.8 Å². The predicted molar refractivity (Wildman–Crippen MR) is 63.2 cm³/mol. The highest BCUT2D eigenvalue weighted by Crippen LogP contribution is 2.35. The number of hydrogen-bond donors (Lipinski definition) is 0. The Balaban J connectivity index is 1.73. The van der Waals surface area contributed by atoms with Crippen molar-refractivity contribution >= 4 is 23.1 Å². The van der Waals surface area contributed by atoms with E-state index in [1.807, 2.05) is 10.8 Å². The van der Waals surface area contributed by atoms with Gasteiger partial charge in [-0.3, -0.25) is 0 Å². The van der Waals surface area contributed by atoms with Crippen molar-refractivity contribution in [2.75, 3.05) is 24.9 Å². The van der Waals surface area contributed by atoms with Crippen LogP contribution in [0.2, 0.25) is 0 Å². The summed E-state index contributed by atoms with van der Waals surface area (Å²) in [5.74, 6) is 3.52. The molecule has 0 saturated heterocycles. The van der Waals surface area contributed by atoms with E-state index >= 15 is 0 Å². The maximum Gasteiger partial charge on any atom is 0.172 e. The maximum absolute atomic E-state index is 5.70. The fraction of sp³-hybridized carbons (Fsp3) is 0.600.